The second-order valence-corrected chi connectivity index (χ2v) is 4.50. The number of hydrogen-bond acceptors (Lipinski definition) is 5. The molecule has 2 aromatic rings. The number of methoxy groups -OCH3 is 1. The van der Waals surface area contributed by atoms with Gasteiger partial charge >= 0.3 is 6.61 Å². The molecule has 0 saturated heterocycles. The number of anilines is 1. The van der Waals surface area contributed by atoms with Crippen LogP contribution in [0.15, 0.2) is 29.8 Å². The van der Waals surface area contributed by atoms with Crippen LogP contribution in [0.4, 0.5) is 14.5 Å². The summed E-state index contributed by atoms with van der Waals surface area (Å²) in [6.45, 7) is -2.36. The molecule has 0 atom stereocenters. The first-order valence-corrected chi connectivity index (χ1v) is 6.32. The third-order valence-corrected chi connectivity index (χ3v) is 3.09. The van der Waals surface area contributed by atoms with E-state index in [1.807, 2.05) is 5.38 Å². The lowest BCUT2D eigenvalue weighted by atomic mass is 10.2. The first-order valence-electron chi connectivity index (χ1n) is 5.44. The number of alkyl halides is 2. The molecule has 7 heteroatoms. The molecule has 19 heavy (non-hydrogen) atoms. The molecule has 1 aromatic heterocycles. The van der Waals surface area contributed by atoms with Crippen molar-refractivity contribution in [3.05, 3.63) is 34.8 Å². The number of thiazole rings is 1. The van der Waals surface area contributed by atoms with Crippen molar-refractivity contribution in [1.82, 2.24) is 4.98 Å². The van der Waals surface area contributed by atoms with Crippen molar-refractivity contribution in [2.45, 2.75) is 13.2 Å². The molecule has 1 N–H and O–H groups in total. The fourth-order valence-electron chi connectivity index (χ4n) is 1.49. The maximum absolute atomic E-state index is 12.3. The topological polar surface area (TPSA) is 43.4 Å². The number of benzene rings is 1. The van der Waals surface area contributed by atoms with E-state index in [0.717, 1.165) is 5.01 Å². The Morgan fingerprint density at radius 3 is 2.84 bits per heavy atom. The molecular formula is C12H12F2N2O2S. The minimum absolute atomic E-state index is 0.00152. The molecule has 0 saturated carbocycles. The van der Waals surface area contributed by atoms with Crippen LogP contribution in [-0.4, -0.2) is 18.7 Å². The van der Waals surface area contributed by atoms with Crippen molar-refractivity contribution >= 4 is 17.0 Å². The monoisotopic (exact) mass is 286 g/mol. The van der Waals surface area contributed by atoms with E-state index < -0.39 is 6.61 Å². The van der Waals surface area contributed by atoms with E-state index in [1.54, 1.807) is 18.3 Å². The maximum atomic E-state index is 12.3. The predicted octanol–water partition coefficient (Wildman–Crippen LogP) is 3.37. The summed E-state index contributed by atoms with van der Waals surface area (Å²) in [7, 11) is 1.40. The molecule has 0 aliphatic heterocycles. The zero-order valence-electron chi connectivity index (χ0n) is 10.1. The fraction of sp³-hybridized carbons (Fsp3) is 0.250. The van der Waals surface area contributed by atoms with Crippen molar-refractivity contribution in [2.75, 3.05) is 12.4 Å². The van der Waals surface area contributed by atoms with E-state index in [-0.39, 0.29) is 11.5 Å². The largest absolute Gasteiger partial charge is 0.493 e. The van der Waals surface area contributed by atoms with Crippen LogP contribution >= 0.6 is 11.3 Å². The average Bonchev–Trinajstić information content (AvgIpc) is 2.89. The number of halogens is 2. The summed E-state index contributed by atoms with van der Waals surface area (Å²) in [5, 5.41) is 5.86. The summed E-state index contributed by atoms with van der Waals surface area (Å²) >= 11 is 1.52. The van der Waals surface area contributed by atoms with Gasteiger partial charge in [0.2, 0.25) is 0 Å². The van der Waals surface area contributed by atoms with Crippen LogP contribution in [0.1, 0.15) is 5.01 Å². The van der Waals surface area contributed by atoms with Crippen LogP contribution in [-0.2, 0) is 6.54 Å². The molecule has 4 nitrogen and oxygen atoms in total. The molecule has 2 rings (SSSR count). The van der Waals surface area contributed by atoms with Crippen LogP contribution in [0.25, 0.3) is 0 Å². The summed E-state index contributed by atoms with van der Waals surface area (Å²) in [5.74, 6) is 0.265. The average molecular weight is 286 g/mol. The van der Waals surface area contributed by atoms with Crippen molar-refractivity contribution in [3.63, 3.8) is 0 Å². The highest BCUT2D eigenvalue weighted by Gasteiger charge is 2.11. The van der Waals surface area contributed by atoms with Crippen molar-refractivity contribution in [2.24, 2.45) is 0 Å². The summed E-state index contributed by atoms with van der Waals surface area (Å²) in [6.07, 6.45) is 1.71. The van der Waals surface area contributed by atoms with E-state index >= 15 is 0 Å². The summed E-state index contributed by atoms with van der Waals surface area (Å²) < 4.78 is 33.9. The molecule has 0 radical (unpaired) electrons. The van der Waals surface area contributed by atoms with Crippen LogP contribution in [0.3, 0.4) is 0 Å². The molecule has 0 spiro atoms. The van der Waals surface area contributed by atoms with Crippen LogP contribution < -0.4 is 14.8 Å². The van der Waals surface area contributed by atoms with E-state index in [2.05, 4.69) is 15.0 Å². The van der Waals surface area contributed by atoms with Gasteiger partial charge in [-0.2, -0.15) is 8.78 Å². The zero-order valence-corrected chi connectivity index (χ0v) is 10.9. The Labute approximate surface area is 113 Å². The van der Waals surface area contributed by atoms with Crippen molar-refractivity contribution < 1.29 is 18.3 Å². The number of nitrogens with one attached hydrogen (secondary N) is 1. The van der Waals surface area contributed by atoms with Crippen LogP contribution in [0.2, 0.25) is 0 Å². The minimum Gasteiger partial charge on any atom is -0.493 e. The molecule has 0 amide bonds. The van der Waals surface area contributed by atoms with E-state index in [0.29, 0.717) is 12.2 Å². The van der Waals surface area contributed by atoms with Crippen LogP contribution in [0, 0.1) is 0 Å². The third-order valence-electron chi connectivity index (χ3n) is 2.31. The Kier molecular flexibility index (Phi) is 4.51. The quantitative estimate of drug-likeness (QED) is 0.884. The van der Waals surface area contributed by atoms with Crippen molar-refractivity contribution in [3.8, 4) is 11.5 Å². The Hall–Kier alpha value is -1.89. The molecule has 1 aromatic carbocycles. The summed E-state index contributed by atoms with van der Waals surface area (Å²) in [6, 6.07) is 4.77. The third kappa shape index (κ3) is 3.78. The van der Waals surface area contributed by atoms with Gasteiger partial charge < -0.3 is 14.8 Å². The first-order chi connectivity index (χ1) is 9.19. The maximum Gasteiger partial charge on any atom is 0.387 e. The van der Waals surface area contributed by atoms with E-state index in [1.165, 1.54) is 24.5 Å². The molecule has 0 fully saturated rings. The van der Waals surface area contributed by atoms with Gasteiger partial charge in [-0.25, -0.2) is 4.98 Å². The smallest absolute Gasteiger partial charge is 0.387 e. The number of hydrogen-bond donors (Lipinski definition) is 1. The van der Waals surface area contributed by atoms with Gasteiger partial charge in [0.15, 0.2) is 11.5 Å². The van der Waals surface area contributed by atoms with Crippen molar-refractivity contribution in [1.29, 1.82) is 0 Å². The highest BCUT2D eigenvalue weighted by molar-refractivity contribution is 7.09. The van der Waals surface area contributed by atoms with Gasteiger partial charge in [0.1, 0.15) is 5.01 Å². The van der Waals surface area contributed by atoms with Gasteiger partial charge in [-0.1, -0.05) is 0 Å². The van der Waals surface area contributed by atoms with Gasteiger partial charge in [-0.05, 0) is 12.1 Å². The van der Waals surface area contributed by atoms with Gasteiger partial charge in [-0.3, -0.25) is 0 Å². The highest BCUT2D eigenvalue weighted by atomic mass is 32.1. The van der Waals surface area contributed by atoms with Gasteiger partial charge in [0.25, 0.3) is 0 Å². The highest BCUT2D eigenvalue weighted by Crippen LogP contribution is 2.31. The number of ether oxygens (including phenoxy) is 2. The van der Waals surface area contributed by atoms with Gasteiger partial charge in [-0.15, -0.1) is 11.3 Å². The normalized spacial score (nSPS) is 10.5. The molecule has 1 heterocycles. The number of nitrogens with zero attached hydrogens (tertiary/aromatic N) is 1. The molecule has 0 unspecified atom stereocenters. The second-order valence-electron chi connectivity index (χ2n) is 3.52. The standard InChI is InChI=1S/C12H12F2N2O2S/c1-17-9-3-2-8(6-10(9)18-12(13)14)16-7-11-15-4-5-19-11/h2-6,12,16H,7H2,1H3. The van der Waals surface area contributed by atoms with Crippen LogP contribution in [0.5, 0.6) is 11.5 Å². The fourth-order valence-corrected chi connectivity index (χ4v) is 2.05. The Morgan fingerprint density at radius 2 is 2.21 bits per heavy atom. The minimum atomic E-state index is -2.89. The summed E-state index contributed by atoms with van der Waals surface area (Å²) in [5.41, 5.74) is 0.659. The predicted molar refractivity (Wildman–Crippen MR) is 69.1 cm³/mol. The zero-order chi connectivity index (χ0) is 13.7. The number of aromatic nitrogens is 1. The van der Waals surface area contributed by atoms with Gasteiger partial charge in [0, 0.05) is 23.3 Å². The number of rotatable bonds is 6. The Balaban J connectivity index is 2.08. The first kappa shape index (κ1) is 13.5. The van der Waals surface area contributed by atoms with E-state index in [9.17, 15) is 8.78 Å². The SMILES string of the molecule is COc1ccc(NCc2nccs2)cc1OC(F)F. The Morgan fingerprint density at radius 1 is 1.37 bits per heavy atom. The summed E-state index contributed by atoms with van der Waals surface area (Å²) in [4.78, 5) is 4.12. The molecular weight excluding hydrogens is 274 g/mol. The Bertz CT molecular complexity index is 520. The lowest BCUT2D eigenvalue weighted by Crippen LogP contribution is -2.05. The lowest BCUT2D eigenvalue weighted by molar-refractivity contribution is -0.0511. The molecule has 102 valence electrons. The van der Waals surface area contributed by atoms with E-state index in [4.69, 9.17) is 4.74 Å². The second kappa shape index (κ2) is 6.33. The van der Waals surface area contributed by atoms with Gasteiger partial charge in [0.05, 0.1) is 13.7 Å². The molecule has 0 aliphatic carbocycles. The molecule has 0 aliphatic rings. The molecule has 0 bridgehead atoms. The lowest BCUT2D eigenvalue weighted by Gasteiger charge is -2.12.